The number of nitrogens with zero attached hydrogens (tertiary/aromatic N) is 3. The minimum Gasteiger partial charge on any atom is -0.448 e. The topological polar surface area (TPSA) is 70.2 Å². The van der Waals surface area contributed by atoms with E-state index in [2.05, 4.69) is 4.90 Å². The molecule has 0 bridgehead atoms. The van der Waals surface area contributed by atoms with Gasteiger partial charge >= 0.3 is 6.09 Å². The van der Waals surface area contributed by atoms with Gasteiger partial charge in [0.15, 0.2) is 15.3 Å². The molecule has 3 heterocycles. The largest absolute Gasteiger partial charge is 0.448 e. The first kappa shape index (κ1) is 31.8. The lowest BCUT2D eigenvalue weighted by atomic mass is 9.93. The molecule has 0 radical (unpaired) electrons. The molecule has 1 amide bonds. The molecule has 0 aromatic heterocycles. The molecule has 3 saturated heterocycles. The lowest BCUT2D eigenvalue weighted by Gasteiger charge is -2.42. The first-order valence-corrected chi connectivity index (χ1v) is 17.1. The lowest BCUT2D eigenvalue weighted by molar-refractivity contribution is 0.0383. The summed E-state index contributed by atoms with van der Waals surface area (Å²) in [5.41, 5.74) is -0.0593. The summed E-state index contributed by atoms with van der Waals surface area (Å²) in [5, 5.41) is 0.357. The van der Waals surface area contributed by atoms with Gasteiger partial charge in [-0.05, 0) is 85.0 Å². The zero-order valence-electron chi connectivity index (χ0n) is 23.0. The van der Waals surface area contributed by atoms with Crippen molar-refractivity contribution in [2.45, 2.75) is 71.6 Å². The summed E-state index contributed by atoms with van der Waals surface area (Å²) in [7, 11) is -4.21. The van der Waals surface area contributed by atoms with Crippen molar-refractivity contribution in [3.05, 3.63) is 64.7 Å². The molecular formula is C29H34ClF3IN3O4S. The molecule has 0 saturated carbocycles. The number of benzene rings is 2. The van der Waals surface area contributed by atoms with Crippen LogP contribution in [0, 0.1) is 11.6 Å². The molecule has 0 unspecified atom stereocenters. The molecule has 7 nitrogen and oxygen atoms in total. The number of carbonyl (C=O) groups excluding carboxylic acids is 1. The van der Waals surface area contributed by atoms with E-state index in [1.54, 1.807) is 4.90 Å². The van der Waals surface area contributed by atoms with Crippen molar-refractivity contribution in [3.63, 3.8) is 0 Å². The highest BCUT2D eigenvalue weighted by molar-refractivity contribution is 14.1. The zero-order chi connectivity index (χ0) is 30.1. The number of amides is 1. The van der Waals surface area contributed by atoms with Gasteiger partial charge in [0.05, 0.1) is 17.0 Å². The van der Waals surface area contributed by atoms with Crippen molar-refractivity contribution < 1.29 is 31.1 Å². The van der Waals surface area contributed by atoms with Gasteiger partial charge in [0.2, 0.25) is 10.0 Å². The monoisotopic (exact) mass is 739 g/mol. The second kappa shape index (κ2) is 13.2. The van der Waals surface area contributed by atoms with Gasteiger partial charge in [0.25, 0.3) is 0 Å². The van der Waals surface area contributed by atoms with Crippen LogP contribution in [-0.2, 0) is 14.8 Å². The van der Waals surface area contributed by atoms with Crippen LogP contribution in [0.2, 0.25) is 5.02 Å². The van der Waals surface area contributed by atoms with Crippen molar-refractivity contribution in [1.82, 2.24) is 14.1 Å². The summed E-state index contributed by atoms with van der Waals surface area (Å²) in [5.74, 6) is -2.15. The normalized spacial score (nSPS) is 24.5. The van der Waals surface area contributed by atoms with Gasteiger partial charge in [-0.1, -0.05) is 23.7 Å². The highest BCUT2D eigenvalue weighted by Gasteiger charge is 2.43. The molecule has 5 rings (SSSR count). The van der Waals surface area contributed by atoms with Crippen LogP contribution in [0.5, 0.6) is 0 Å². The number of likely N-dealkylation sites (tertiary alicyclic amines) is 2. The van der Waals surface area contributed by atoms with Crippen molar-refractivity contribution in [3.8, 4) is 0 Å². The van der Waals surface area contributed by atoms with E-state index in [1.165, 1.54) is 40.7 Å². The van der Waals surface area contributed by atoms with E-state index < -0.39 is 43.5 Å². The van der Waals surface area contributed by atoms with E-state index in [1.807, 2.05) is 22.6 Å². The van der Waals surface area contributed by atoms with Crippen LogP contribution in [0.25, 0.3) is 0 Å². The van der Waals surface area contributed by atoms with Gasteiger partial charge in [-0.15, -0.1) is 0 Å². The van der Waals surface area contributed by atoms with E-state index in [0.29, 0.717) is 56.9 Å². The van der Waals surface area contributed by atoms with Crippen LogP contribution in [0.1, 0.15) is 56.6 Å². The lowest BCUT2D eigenvalue weighted by Crippen LogP contribution is -2.51. The smallest absolute Gasteiger partial charge is 0.409 e. The second-order valence-electron chi connectivity index (χ2n) is 11.2. The van der Waals surface area contributed by atoms with Crippen LogP contribution >= 0.6 is 34.2 Å². The van der Waals surface area contributed by atoms with Crippen molar-refractivity contribution in [2.75, 3.05) is 32.8 Å². The quantitative estimate of drug-likeness (QED) is 0.244. The predicted molar refractivity (Wildman–Crippen MR) is 162 cm³/mol. The molecule has 3 aliphatic heterocycles. The Morgan fingerprint density at radius 1 is 1.00 bits per heavy atom. The van der Waals surface area contributed by atoms with Gasteiger partial charge in [-0.3, -0.25) is 4.90 Å². The molecule has 0 spiro atoms. The Labute approximate surface area is 263 Å². The number of carbonyl (C=O) groups is 1. The van der Waals surface area contributed by atoms with E-state index in [0.717, 1.165) is 18.9 Å². The third-order valence-corrected chi connectivity index (χ3v) is 11.9. The Morgan fingerprint density at radius 3 is 2.33 bits per heavy atom. The Kier molecular flexibility index (Phi) is 9.97. The molecule has 2 atom stereocenters. The molecule has 3 fully saturated rings. The summed E-state index contributed by atoms with van der Waals surface area (Å²) < 4.78 is 77.0. The van der Waals surface area contributed by atoms with Gasteiger partial charge in [-0.2, -0.15) is 4.31 Å². The molecule has 0 N–H and O–H groups in total. The average molecular weight is 740 g/mol. The number of alkyl halides is 2. The first-order chi connectivity index (χ1) is 20.0. The number of hydrogen-bond acceptors (Lipinski definition) is 5. The highest BCUT2D eigenvalue weighted by Crippen LogP contribution is 2.40. The Bertz CT molecular complexity index is 1370. The van der Waals surface area contributed by atoms with Crippen LogP contribution in [0.15, 0.2) is 47.4 Å². The summed E-state index contributed by atoms with van der Waals surface area (Å²) in [4.78, 5) is 16.9. The standard InChI is InChI=1S/C29H34ClF3IN3O4S/c30-20-7-9-23(10-8-20)42(39,40)37-22(3-1-6-26(37)24-4-2-5-25(31)27(24)32)19-41-28(38)36-15-11-21(12-16-36)35-17-13-29(33,34)14-18-35/h2,4-5,7-10,21-22,26H,1,3,6,11-19H2/t22-,26+/m1/s1. The summed E-state index contributed by atoms with van der Waals surface area (Å²) in [6.07, 6.45) is 3.15. The maximum atomic E-state index is 15.0. The zero-order valence-corrected chi connectivity index (χ0v) is 26.8. The van der Waals surface area contributed by atoms with E-state index in [9.17, 15) is 26.4 Å². The van der Waals surface area contributed by atoms with Crippen LogP contribution < -0.4 is 0 Å². The van der Waals surface area contributed by atoms with Crippen LogP contribution in [0.3, 0.4) is 0 Å². The first-order valence-electron chi connectivity index (χ1n) is 14.2. The van der Waals surface area contributed by atoms with Gasteiger partial charge in [0.1, 0.15) is 6.61 Å². The van der Waals surface area contributed by atoms with Gasteiger partial charge in [0, 0.05) is 55.6 Å². The summed E-state index contributed by atoms with van der Waals surface area (Å²) in [6.45, 7) is 2.14. The molecule has 2 aromatic carbocycles. The maximum absolute atomic E-state index is 15.0. The molecule has 42 heavy (non-hydrogen) atoms. The number of piperidine rings is 3. The number of rotatable bonds is 6. The Morgan fingerprint density at radius 2 is 1.67 bits per heavy atom. The minimum absolute atomic E-state index is 0.0423. The third kappa shape index (κ3) is 7.03. The summed E-state index contributed by atoms with van der Waals surface area (Å²) in [6, 6.07) is 7.90. The fourth-order valence-electron chi connectivity index (χ4n) is 6.26. The van der Waals surface area contributed by atoms with Crippen molar-refractivity contribution in [2.24, 2.45) is 0 Å². The number of sulfonamides is 1. The highest BCUT2D eigenvalue weighted by atomic mass is 127. The molecule has 0 aliphatic carbocycles. The predicted octanol–water partition coefficient (Wildman–Crippen LogP) is 6.70. The van der Waals surface area contributed by atoms with Crippen molar-refractivity contribution >= 4 is 50.3 Å². The Balaban J connectivity index is 1.29. The summed E-state index contributed by atoms with van der Waals surface area (Å²) >= 11 is 7.87. The SMILES string of the molecule is O=C(OC[C@H]1CCC[C@@H](c2cccc(F)c2F)N1S(=O)(=O)c1ccc(Cl)cc1)N1CCC(N2CCC(F)(I)CC2)CC1. The maximum Gasteiger partial charge on any atom is 0.409 e. The third-order valence-electron chi connectivity index (χ3n) is 8.58. The van der Waals surface area contributed by atoms with Crippen molar-refractivity contribution in [1.29, 1.82) is 0 Å². The molecular weight excluding hydrogens is 706 g/mol. The van der Waals surface area contributed by atoms with E-state index in [4.69, 9.17) is 16.3 Å². The molecule has 2 aromatic rings. The molecule has 3 aliphatic rings. The van der Waals surface area contributed by atoms with Crippen LogP contribution in [0.4, 0.5) is 18.0 Å². The number of hydrogen-bond donors (Lipinski definition) is 0. The van der Waals surface area contributed by atoms with E-state index >= 15 is 0 Å². The van der Waals surface area contributed by atoms with Gasteiger partial charge in [-0.25, -0.2) is 26.4 Å². The minimum atomic E-state index is -4.21. The molecule has 230 valence electrons. The Hall–Kier alpha value is -1.61. The van der Waals surface area contributed by atoms with Crippen LogP contribution in [-0.4, -0.2) is 77.2 Å². The average Bonchev–Trinajstić information content (AvgIpc) is 2.97. The number of ether oxygens (including phenoxy) is 1. The fourth-order valence-corrected chi connectivity index (χ4v) is 8.71. The second-order valence-corrected chi connectivity index (χ2v) is 15.4. The molecule has 13 heteroatoms. The fraction of sp³-hybridized carbons (Fsp3) is 0.552. The van der Waals surface area contributed by atoms with E-state index in [-0.39, 0.29) is 29.5 Å². The van der Waals surface area contributed by atoms with Gasteiger partial charge < -0.3 is 9.64 Å². The number of halogens is 5.